The van der Waals surface area contributed by atoms with Crippen LogP contribution < -0.4 is 4.73 Å². The molecule has 12 nitrogen and oxygen atoms in total. The second-order valence-electron chi connectivity index (χ2n) is 8.27. The molecule has 0 aliphatic heterocycles. The Labute approximate surface area is 229 Å². The molecule has 41 heavy (non-hydrogen) atoms. The zero-order valence-electron chi connectivity index (χ0n) is 20.2. The molecule has 0 saturated carbocycles. The van der Waals surface area contributed by atoms with Gasteiger partial charge in [0.25, 0.3) is 5.95 Å². The molecule has 0 aliphatic carbocycles. The van der Waals surface area contributed by atoms with Gasteiger partial charge >= 0.3 is 13.2 Å². The highest BCUT2D eigenvalue weighted by Gasteiger charge is 2.28. The minimum absolute atomic E-state index is 0.0376. The molecule has 4 aromatic heterocycles. The SMILES string of the molecule is [O-][n+]1cc(-c2c(-n3cnnn3)ccc(Cl)c2F)ccc1[C@H](CCOC(F)F)n1cc(-c2c(F)nnn2C(F)F)cn1. The molecule has 0 fully saturated rings. The first-order chi connectivity index (χ1) is 19.7. The number of ether oxygens (including phenoxy) is 1. The Kier molecular flexibility index (Phi) is 7.84. The maximum atomic E-state index is 15.2. The van der Waals surface area contributed by atoms with Crippen LogP contribution in [-0.2, 0) is 4.74 Å². The van der Waals surface area contributed by atoms with E-state index in [4.69, 9.17) is 11.6 Å². The van der Waals surface area contributed by atoms with Crippen molar-refractivity contribution in [3.63, 3.8) is 0 Å². The first-order valence-electron chi connectivity index (χ1n) is 11.4. The van der Waals surface area contributed by atoms with Gasteiger partial charge in [-0.15, -0.1) is 5.10 Å². The van der Waals surface area contributed by atoms with Crippen molar-refractivity contribution in [2.45, 2.75) is 25.6 Å². The van der Waals surface area contributed by atoms with E-state index < -0.39 is 43.3 Å². The standard InChI is InChI=1S/C22H15ClF6N10O2/c23-13-2-4-16(37-10-30-33-35-37)17(18(13)24)11-1-3-15(38(40)9-11)14(5-6-41-22(28)29)36-8-12(7-31-36)19-20(25)32-34-39(19)21(26)27/h1-4,7-10,14,21-22H,5-6H2/t14-/m0/s1. The molecule has 5 rings (SSSR count). The van der Waals surface area contributed by atoms with Gasteiger partial charge in [0.2, 0.25) is 5.69 Å². The van der Waals surface area contributed by atoms with Crippen molar-refractivity contribution >= 4 is 11.6 Å². The van der Waals surface area contributed by atoms with Crippen LogP contribution in [0.25, 0.3) is 28.1 Å². The van der Waals surface area contributed by atoms with E-state index in [1.54, 1.807) is 0 Å². The van der Waals surface area contributed by atoms with Crippen molar-refractivity contribution in [1.29, 1.82) is 0 Å². The van der Waals surface area contributed by atoms with Crippen LogP contribution >= 0.6 is 11.6 Å². The van der Waals surface area contributed by atoms with E-state index in [9.17, 15) is 27.2 Å². The zero-order chi connectivity index (χ0) is 29.3. The van der Waals surface area contributed by atoms with E-state index in [2.05, 4.69) is 35.7 Å². The van der Waals surface area contributed by atoms with E-state index in [1.807, 2.05) is 0 Å². The van der Waals surface area contributed by atoms with E-state index in [-0.39, 0.29) is 44.2 Å². The fourth-order valence-electron chi connectivity index (χ4n) is 4.15. The highest BCUT2D eigenvalue weighted by Crippen LogP contribution is 2.34. The monoisotopic (exact) mass is 600 g/mol. The lowest BCUT2D eigenvalue weighted by Gasteiger charge is -2.18. The van der Waals surface area contributed by atoms with E-state index >= 15 is 4.39 Å². The van der Waals surface area contributed by atoms with Gasteiger partial charge in [0, 0.05) is 24.2 Å². The summed E-state index contributed by atoms with van der Waals surface area (Å²) in [5.74, 6) is -2.16. The van der Waals surface area contributed by atoms with Crippen molar-refractivity contribution < 1.29 is 35.8 Å². The lowest BCUT2D eigenvalue weighted by Crippen LogP contribution is -2.36. The summed E-state index contributed by atoms with van der Waals surface area (Å²) in [5, 5.41) is 33.9. The number of pyridine rings is 1. The summed E-state index contributed by atoms with van der Waals surface area (Å²) in [6, 6.07) is 4.26. The highest BCUT2D eigenvalue weighted by atomic mass is 35.5. The minimum Gasteiger partial charge on any atom is -0.618 e. The number of halogens is 7. The molecule has 0 spiro atoms. The number of aromatic nitrogens is 10. The Hall–Kier alpha value is -4.58. The lowest BCUT2D eigenvalue weighted by molar-refractivity contribution is -0.615. The minimum atomic E-state index is -3.22. The second-order valence-corrected chi connectivity index (χ2v) is 8.68. The number of benzene rings is 1. The Morgan fingerprint density at radius 3 is 2.54 bits per heavy atom. The average Bonchev–Trinajstić information content (AvgIpc) is 3.69. The molecule has 1 aromatic carbocycles. The quantitative estimate of drug-likeness (QED) is 0.134. The van der Waals surface area contributed by atoms with E-state index in [1.165, 1.54) is 30.6 Å². The van der Waals surface area contributed by atoms with Gasteiger partial charge < -0.3 is 9.94 Å². The molecule has 19 heteroatoms. The molecule has 0 bridgehead atoms. The fraction of sp³-hybridized carbons (Fsp3) is 0.227. The normalized spacial score (nSPS) is 12.5. The topological polar surface area (TPSA) is 128 Å². The summed E-state index contributed by atoms with van der Waals surface area (Å²) >= 11 is 5.98. The summed E-state index contributed by atoms with van der Waals surface area (Å²) in [5.41, 5.74) is -0.808. The lowest BCUT2D eigenvalue weighted by atomic mass is 10.0. The average molecular weight is 601 g/mol. The smallest absolute Gasteiger partial charge is 0.345 e. The number of alkyl halides is 4. The van der Waals surface area contributed by atoms with E-state index in [0.717, 1.165) is 28.0 Å². The second kappa shape index (κ2) is 11.5. The van der Waals surface area contributed by atoms with Gasteiger partial charge in [-0.25, -0.2) is 4.39 Å². The molecule has 0 unspecified atom stereocenters. The van der Waals surface area contributed by atoms with Crippen LogP contribution in [0.15, 0.2) is 49.2 Å². The molecule has 0 radical (unpaired) electrons. The molecular weight excluding hydrogens is 586 g/mol. The summed E-state index contributed by atoms with van der Waals surface area (Å²) in [7, 11) is 0. The first kappa shape index (κ1) is 28.0. The van der Waals surface area contributed by atoms with Crippen LogP contribution in [0, 0.1) is 17.0 Å². The Morgan fingerprint density at radius 1 is 1.05 bits per heavy atom. The number of hydrogen-bond acceptors (Lipinski definition) is 8. The number of rotatable bonds is 10. The van der Waals surface area contributed by atoms with Crippen LogP contribution in [-0.4, -0.2) is 58.2 Å². The van der Waals surface area contributed by atoms with Crippen molar-refractivity contribution in [3.05, 3.63) is 76.9 Å². The van der Waals surface area contributed by atoms with Gasteiger partial charge in [0.05, 0.1) is 34.6 Å². The van der Waals surface area contributed by atoms with Crippen LogP contribution in [0.3, 0.4) is 0 Å². The van der Waals surface area contributed by atoms with Crippen LogP contribution in [0.5, 0.6) is 0 Å². The van der Waals surface area contributed by atoms with Gasteiger partial charge in [-0.3, -0.25) is 4.68 Å². The van der Waals surface area contributed by atoms with Crippen LogP contribution in [0.1, 0.15) is 24.7 Å². The highest BCUT2D eigenvalue weighted by molar-refractivity contribution is 6.31. The zero-order valence-corrected chi connectivity index (χ0v) is 21.0. The van der Waals surface area contributed by atoms with Crippen LogP contribution in [0.4, 0.5) is 26.3 Å². The third-order valence-corrected chi connectivity index (χ3v) is 6.20. The summed E-state index contributed by atoms with van der Waals surface area (Å²) in [6.45, 7) is -6.88. The van der Waals surface area contributed by atoms with E-state index in [0.29, 0.717) is 4.73 Å². The molecule has 0 saturated heterocycles. The van der Waals surface area contributed by atoms with Crippen LogP contribution in [0.2, 0.25) is 5.02 Å². The Bertz CT molecular complexity index is 1660. The van der Waals surface area contributed by atoms with Gasteiger partial charge in [-0.05, 0) is 28.6 Å². The Balaban J connectivity index is 1.56. The summed E-state index contributed by atoms with van der Waals surface area (Å²) < 4.78 is 88.2. The van der Waals surface area contributed by atoms with Gasteiger partial charge in [-0.1, -0.05) is 21.9 Å². The summed E-state index contributed by atoms with van der Waals surface area (Å²) in [6.07, 6.45) is 4.11. The fourth-order valence-corrected chi connectivity index (χ4v) is 4.31. The first-order valence-corrected chi connectivity index (χ1v) is 11.8. The Morgan fingerprint density at radius 2 is 1.85 bits per heavy atom. The molecule has 4 heterocycles. The molecule has 5 aromatic rings. The van der Waals surface area contributed by atoms with Crippen molar-refractivity contribution in [2.75, 3.05) is 6.61 Å². The van der Waals surface area contributed by atoms with Crippen molar-refractivity contribution in [1.82, 2.24) is 45.0 Å². The van der Waals surface area contributed by atoms with Gasteiger partial charge in [-0.2, -0.15) is 41.1 Å². The molecule has 0 N–H and O–H groups in total. The maximum absolute atomic E-state index is 15.2. The van der Waals surface area contributed by atoms with Gasteiger partial charge in [0.15, 0.2) is 12.0 Å². The third-order valence-electron chi connectivity index (χ3n) is 5.91. The number of nitrogens with zero attached hydrogens (tertiary/aromatic N) is 10. The third kappa shape index (κ3) is 5.55. The maximum Gasteiger partial charge on any atom is 0.345 e. The molecule has 0 amide bonds. The molecule has 1 atom stereocenters. The van der Waals surface area contributed by atoms with Crippen molar-refractivity contribution in [3.8, 4) is 28.1 Å². The molecular formula is C22H15ClF6N10O2. The summed E-state index contributed by atoms with van der Waals surface area (Å²) in [4.78, 5) is 0. The largest absolute Gasteiger partial charge is 0.618 e. The van der Waals surface area contributed by atoms with Crippen molar-refractivity contribution in [2.24, 2.45) is 0 Å². The predicted octanol–water partition coefficient (Wildman–Crippen LogP) is 3.96. The molecule has 0 aliphatic rings. The predicted molar refractivity (Wildman–Crippen MR) is 126 cm³/mol. The number of hydrogen-bond donors (Lipinski definition) is 0. The number of tetrazole rings is 1. The van der Waals surface area contributed by atoms with Gasteiger partial charge in [0.1, 0.15) is 18.1 Å². The molecule has 214 valence electrons.